The Morgan fingerprint density at radius 1 is 1.44 bits per heavy atom. The number of benzene rings is 1. The van der Waals surface area contributed by atoms with E-state index >= 15 is 0 Å². The third kappa shape index (κ3) is 2.54. The van der Waals surface area contributed by atoms with Crippen LogP contribution in [0.1, 0.15) is 11.9 Å². The first-order valence-electron chi connectivity index (χ1n) is 5.19. The van der Waals surface area contributed by atoms with E-state index in [1.165, 1.54) is 11.3 Å². The molecule has 6 heteroatoms. The van der Waals surface area contributed by atoms with Crippen molar-refractivity contribution < 1.29 is 9.90 Å². The monoisotopic (exact) mass is 326 g/mol. The molecule has 2 rings (SSSR count). The van der Waals surface area contributed by atoms with Gasteiger partial charge in [-0.1, -0.05) is 15.9 Å². The van der Waals surface area contributed by atoms with Crippen molar-refractivity contribution in [2.24, 2.45) is 0 Å². The molecule has 0 saturated heterocycles. The highest BCUT2D eigenvalue weighted by Gasteiger charge is 2.37. The Hall–Kier alpha value is -1.40. The molecule has 0 aliphatic heterocycles. The van der Waals surface area contributed by atoms with Crippen molar-refractivity contribution in [3.63, 3.8) is 0 Å². The molecule has 1 aromatic carbocycles. The molecule has 0 fully saturated rings. The maximum atomic E-state index is 11.5. The summed E-state index contributed by atoms with van der Waals surface area (Å²) in [4.78, 5) is 15.6. The maximum absolute atomic E-state index is 11.5. The van der Waals surface area contributed by atoms with Gasteiger partial charge in [0.25, 0.3) is 0 Å². The van der Waals surface area contributed by atoms with Crippen molar-refractivity contribution in [3.05, 3.63) is 45.3 Å². The fraction of sp³-hybridized carbons (Fsp3) is 0.167. The number of aromatic nitrogens is 1. The number of carboxylic acids is 1. The Balaban J connectivity index is 2.32. The second-order valence-corrected chi connectivity index (χ2v) is 5.71. The molecule has 1 aromatic heterocycles. The van der Waals surface area contributed by atoms with Gasteiger partial charge >= 0.3 is 5.97 Å². The highest BCUT2D eigenvalue weighted by Crippen LogP contribution is 2.28. The molecule has 0 aliphatic rings. The van der Waals surface area contributed by atoms with Crippen LogP contribution in [0.4, 0.5) is 5.69 Å². The molecule has 0 radical (unpaired) electrons. The van der Waals surface area contributed by atoms with Crippen molar-refractivity contribution >= 4 is 38.9 Å². The van der Waals surface area contributed by atoms with Crippen LogP contribution in [0.5, 0.6) is 0 Å². The van der Waals surface area contributed by atoms with Gasteiger partial charge in [-0.05, 0) is 31.2 Å². The number of rotatable bonds is 4. The summed E-state index contributed by atoms with van der Waals surface area (Å²) in [6, 6.07) is 7.34. The molecule has 2 aromatic rings. The molecule has 0 spiro atoms. The number of thiazole rings is 1. The number of anilines is 1. The molecule has 1 heterocycles. The van der Waals surface area contributed by atoms with Crippen molar-refractivity contribution in [1.29, 1.82) is 0 Å². The first kappa shape index (κ1) is 13.0. The van der Waals surface area contributed by atoms with E-state index in [0.29, 0.717) is 5.01 Å². The van der Waals surface area contributed by atoms with Gasteiger partial charge in [0.15, 0.2) is 5.54 Å². The van der Waals surface area contributed by atoms with Crippen LogP contribution in [-0.4, -0.2) is 16.1 Å². The molecule has 94 valence electrons. The van der Waals surface area contributed by atoms with E-state index in [4.69, 9.17) is 0 Å². The fourth-order valence-corrected chi connectivity index (χ4v) is 2.50. The minimum absolute atomic E-state index is 0.526. The predicted molar refractivity (Wildman–Crippen MR) is 74.9 cm³/mol. The van der Waals surface area contributed by atoms with Gasteiger partial charge in [-0.25, -0.2) is 9.78 Å². The van der Waals surface area contributed by atoms with E-state index < -0.39 is 11.5 Å². The molecular weight excluding hydrogens is 316 g/mol. The second kappa shape index (κ2) is 5.07. The lowest BCUT2D eigenvalue weighted by atomic mass is 10.0. The second-order valence-electron chi connectivity index (χ2n) is 3.90. The highest BCUT2D eigenvalue weighted by molar-refractivity contribution is 9.10. The number of hydrogen-bond donors (Lipinski definition) is 2. The number of nitrogens with one attached hydrogen (secondary N) is 1. The lowest BCUT2D eigenvalue weighted by Gasteiger charge is -2.25. The van der Waals surface area contributed by atoms with E-state index in [9.17, 15) is 9.90 Å². The van der Waals surface area contributed by atoms with Gasteiger partial charge in [-0.2, -0.15) is 0 Å². The summed E-state index contributed by atoms with van der Waals surface area (Å²) >= 11 is 4.66. The number of hydrogen-bond acceptors (Lipinski definition) is 4. The van der Waals surface area contributed by atoms with Gasteiger partial charge < -0.3 is 10.4 Å². The zero-order chi connectivity index (χ0) is 13.2. The summed E-state index contributed by atoms with van der Waals surface area (Å²) in [6.45, 7) is 1.61. The van der Waals surface area contributed by atoms with Crippen molar-refractivity contribution in [1.82, 2.24) is 4.98 Å². The summed E-state index contributed by atoms with van der Waals surface area (Å²) in [5.41, 5.74) is -0.486. The summed E-state index contributed by atoms with van der Waals surface area (Å²) in [7, 11) is 0. The Labute approximate surface area is 117 Å². The fourth-order valence-electron chi connectivity index (χ4n) is 1.49. The topological polar surface area (TPSA) is 62.2 Å². The molecule has 1 atom stereocenters. The number of carbonyl (C=O) groups is 1. The smallest absolute Gasteiger partial charge is 0.336 e. The normalized spacial score (nSPS) is 13.9. The van der Waals surface area contributed by atoms with Crippen LogP contribution >= 0.6 is 27.3 Å². The van der Waals surface area contributed by atoms with Crippen LogP contribution in [0.15, 0.2) is 40.3 Å². The summed E-state index contributed by atoms with van der Waals surface area (Å²) < 4.78 is 0.944. The van der Waals surface area contributed by atoms with Gasteiger partial charge in [0.2, 0.25) is 0 Å². The number of nitrogens with zero attached hydrogens (tertiary/aromatic N) is 1. The molecule has 1 unspecified atom stereocenters. The lowest BCUT2D eigenvalue weighted by Crippen LogP contribution is -2.40. The number of aliphatic carboxylic acids is 1. The van der Waals surface area contributed by atoms with E-state index in [0.717, 1.165) is 10.2 Å². The van der Waals surface area contributed by atoms with Gasteiger partial charge in [0.1, 0.15) is 5.01 Å². The minimum atomic E-state index is -1.22. The number of carboxylic acid groups (broad SMARTS) is 1. The van der Waals surface area contributed by atoms with Crippen LogP contribution in [0.2, 0.25) is 0 Å². The predicted octanol–water partition coefficient (Wildman–Crippen LogP) is 3.32. The van der Waals surface area contributed by atoms with Crippen LogP contribution in [0, 0.1) is 0 Å². The zero-order valence-electron chi connectivity index (χ0n) is 9.55. The lowest BCUT2D eigenvalue weighted by molar-refractivity contribution is -0.142. The maximum Gasteiger partial charge on any atom is 0.336 e. The molecule has 0 bridgehead atoms. The standard InChI is InChI=1S/C12H11BrN2O2S/c1-12(11(16)17,10-14-6-7-18-10)15-9-4-2-8(13)3-5-9/h2-7,15H,1H3,(H,16,17). The van der Waals surface area contributed by atoms with E-state index in [2.05, 4.69) is 26.2 Å². The van der Waals surface area contributed by atoms with Crippen LogP contribution in [0.25, 0.3) is 0 Å². The molecule has 2 N–H and O–H groups in total. The minimum Gasteiger partial charge on any atom is -0.479 e. The Bertz CT molecular complexity index is 542. The van der Waals surface area contributed by atoms with Gasteiger partial charge in [0.05, 0.1) is 0 Å². The van der Waals surface area contributed by atoms with E-state index in [1.807, 2.05) is 24.3 Å². The molecule has 18 heavy (non-hydrogen) atoms. The van der Waals surface area contributed by atoms with Gasteiger partial charge in [-0.15, -0.1) is 11.3 Å². The number of halogens is 1. The van der Waals surface area contributed by atoms with E-state index in [1.54, 1.807) is 18.5 Å². The SMILES string of the molecule is CC(Nc1ccc(Br)cc1)(C(=O)O)c1nccs1. The Morgan fingerprint density at radius 3 is 2.61 bits per heavy atom. The third-order valence-corrected chi connectivity index (χ3v) is 4.05. The molecular formula is C12H11BrN2O2S. The van der Waals surface area contributed by atoms with Crippen LogP contribution in [-0.2, 0) is 10.3 Å². The first-order chi connectivity index (χ1) is 8.52. The average molecular weight is 327 g/mol. The van der Waals surface area contributed by atoms with Crippen molar-refractivity contribution in [2.45, 2.75) is 12.5 Å². The van der Waals surface area contributed by atoms with Crippen LogP contribution < -0.4 is 5.32 Å². The molecule has 0 saturated carbocycles. The summed E-state index contributed by atoms with van der Waals surface area (Å²) in [5, 5.41) is 14.7. The molecule has 4 nitrogen and oxygen atoms in total. The van der Waals surface area contributed by atoms with Crippen LogP contribution in [0.3, 0.4) is 0 Å². The highest BCUT2D eigenvalue weighted by atomic mass is 79.9. The largest absolute Gasteiger partial charge is 0.479 e. The summed E-state index contributed by atoms with van der Waals surface area (Å²) in [6.07, 6.45) is 1.60. The molecule has 0 amide bonds. The van der Waals surface area contributed by atoms with Crippen molar-refractivity contribution in [3.8, 4) is 0 Å². The third-order valence-electron chi connectivity index (χ3n) is 2.53. The summed E-state index contributed by atoms with van der Waals surface area (Å²) in [5.74, 6) is -0.958. The average Bonchev–Trinajstić information content (AvgIpc) is 2.86. The van der Waals surface area contributed by atoms with Crippen molar-refractivity contribution in [2.75, 3.05) is 5.32 Å². The zero-order valence-corrected chi connectivity index (χ0v) is 12.0. The van der Waals surface area contributed by atoms with Gasteiger partial charge in [-0.3, -0.25) is 0 Å². The Kier molecular flexibility index (Phi) is 3.68. The quantitative estimate of drug-likeness (QED) is 0.904. The van der Waals surface area contributed by atoms with Gasteiger partial charge in [0, 0.05) is 21.7 Å². The Morgan fingerprint density at radius 2 is 2.11 bits per heavy atom. The van der Waals surface area contributed by atoms with E-state index in [-0.39, 0.29) is 0 Å². The molecule has 0 aliphatic carbocycles. The first-order valence-corrected chi connectivity index (χ1v) is 6.87.